The van der Waals surface area contributed by atoms with Crippen LogP contribution in [0, 0.1) is 6.61 Å². The molecule has 0 spiro atoms. The Kier molecular flexibility index (Phi) is 7.64. The number of aliphatic hydroxyl groups excluding tert-OH is 3. The molecule has 1 radical (unpaired) electrons. The number of ether oxygens (including phenoxy) is 1. The van der Waals surface area contributed by atoms with Gasteiger partial charge >= 0.3 is 5.97 Å². The Morgan fingerprint density at radius 1 is 1.56 bits per heavy atom. The van der Waals surface area contributed by atoms with Crippen molar-refractivity contribution in [3.05, 3.63) is 6.61 Å². The van der Waals surface area contributed by atoms with Crippen molar-refractivity contribution in [2.75, 3.05) is 12.4 Å². The monoisotopic (exact) mass is 254 g/mol. The number of aliphatic carboxylic acids is 1. The molecule has 1 fully saturated rings. The van der Waals surface area contributed by atoms with Gasteiger partial charge in [0.1, 0.15) is 31.0 Å². The number of hydrogen-bond acceptors (Lipinski definition) is 7. The molecule has 1 aliphatic heterocycles. The number of carboxylic acid groups (broad SMARTS) is 1. The van der Waals surface area contributed by atoms with Crippen LogP contribution in [-0.2, 0) is 9.53 Å². The van der Waals surface area contributed by atoms with Gasteiger partial charge in [0.15, 0.2) is 0 Å². The Bertz CT molecular complexity index is 217. The maximum atomic E-state index is 9.76. The first kappa shape index (κ1) is 15.6. The summed E-state index contributed by atoms with van der Waals surface area (Å²) in [6, 6.07) is -0.816. The SMILES string of the molecule is N[C@@H](CS)C(=O)O.OC[C@H]1O[CH][C@@H](O)[C@@H]1O. The lowest BCUT2D eigenvalue weighted by Gasteiger charge is -2.10. The molecule has 16 heavy (non-hydrogen) atoms. The van der Waals surface area contributed by atoms with E-state index in [2.05, 4.69) is 17.4 Å². The summed E-state index contributed by atoms with van der Waals surface area (Å²) in [6.07, 6.45) is -2.59. The first-order chi connectivity index (χ1) is 7.43. The molecule has 7 nitrogen and oxygen atoms in total. The van der Waals surface area contributed by atoms with Crippen LogP contribution in [0.3, 0.4) is 0 Å². The number of rotatable bonds is 3. The van der Waals surface area contributed by atoms with Gasteiger partial charge in [-0.3, -0.25) is 4.79 Å². The summed E-state index contributed by atoms with van der Waals surface area (Å²) in [6.45, 7) is 0.848. The Balaban J connectivity index is 0.000000293. The zero-order valence-electron chi connectivity index (χ0n) is 8.43. The van der Waals surface area contributed by atoms with E-state index in [1.54, 1.807) is 0 Å². The molecule has 1 heterocycles. The standard InChI is InChI=1S/C5H9O4.C3H7NO2S/c6-1-4-5(8)3(7)2-9-4;4-2(1-7)3(5)6/h2-8H,1H2;2,7H,1,4H2,(H,5,6)/t3-,4-,5+;2-/m10/s1. The molecule has 0 aromatic rings. The van der Waals surface area contributed by atoms with Gasteiger partial charge < -0.3 is 30.9 Å². The van der Waals surface area contributed by atoms with Gasteiger partial charge in [0.05, 0.1) is 6.61 Å². The van der Waals surface area contributed by atoms with E-state index in [0.717, 1.165) is 6.61 Å². The van der Waals surface area contributed by atoms with Gasteiger partial charge in [-0.1, -0.05) is 0 Å². The van der Waals surface area contributed by atoms with Crippen LogP contribution in [0.1, 0.15) is 0 Å². The number of thiol groups is 1. The van der Waals surface area contributed by atoms with Crippen LogP contribution < -0.4 is 5.73 Å². The molecule has 6 N–H and O–H groups in total. The normalized spacial score (nSPS) is 30.4. The van der Waals surface area contributed by atoms with Crippen LogP contribution in [0.15, 0.2) is 0 Å². The first-order valence-electron chi connectivity index (χ1n) is 4.49. The average molecular weight is 254 g/mol. The van der Waals surface area contributed by atoms with Gasteiger partial charge in [-0.25, -0.2) is 0 Å². The fourth-order valence-corrected chi connectivity index (χ4v) is 0.948. The van der Waals surface area contributed by atoms with Gasteiger partial charge in [-0.2, -0.15) is 12.6 Å². The van der Waals surface area contributed by atoms with Crippen molar-refractivity contribution >= 4 is 18.6 Å². The summed E-state index contributed by atoms with van der Waals surface area (Å²) in [5.74, 6) is -0.815. The van der Waals surface area contributed by atoms with Crippen molar-refractivity contribution in [1.29, 1.82) is 0 Å². The van der Waals surface area contributed by atoms with Crippen molar-refractivity contribution in [2.45, 2.75) is 24.4 Å². The highest BCUT2D eigenvalue weighted by Gasteiger charge is 2.34. The maximum absolute atomic E-state index is 9.76. The van der Waals surface area contributed by atoms with E-state index < -0.39 is 30.3 Å². The van der Waals surface area contributed by atoms with Crippen molar-refractivity contribution in [2.24, 2.45) is 5.73 Å². The van der Waals surface area contributed by atoms with Crippen molar-refractivity contribution in [1.82, 2.24) is 0 Å². The van der Waals surface area contributed by atoms with Gasteiger partial charge in [0, 0.05) is 5.75 Å². The Labute approximate surface area is 98.2 Å². The zero-order chi connectivity index (χ0) is 12.7. The fraction of sp³-hybridized carbons (Fsp3) is 0.750. The highest BCUT2D eigenvalue weighted by atomic mass is 32.1. The Morgan fingerprint density at radius 3 is 2.25 bits per heavy atom. The third kappa shape index (κ3) is 5.10. The van der Waals surface area contributed by atoms with Crippen LogP contribution in [0.5, 0.6) is 0 Å². The second-order valence-corrected chi connectivity index (χ2v) is 3.47. The van der Waals surface area contributed by atoms with E-state index in [-0.39, 0.29) is 12.4 Å². The lowest BCUT2D eigenvalue weighted by atomic mass is 10.2. The van der Waals surface area contributed by atoms with E-state index >= 15 is 0 Å². The average Bonchev–Trinajstić information content (AvgIpc) is 2.59. The molecule has 1 saturated heterocycles. The minimum Gasteiger partial charge on any atom is -0.480 e. The van der Waals surface area contributed by atoms with E-state index in [1.165, 1.54) is 0 Å². The van der Waals surface area contributed by atoms with Crippen molar-refractivity contribution in [3.63, 3.8) is 0 Å². The van der Waals surface area contributed by atoms with Gasteiger partial charge in [0.25, 0.3) is 0 Å². The van der Waals surface area contributed by atoms with Crippen molar-refractivity contribution in [3.8, 4) is 0 Å². The maximum Gasteiger partial charge on any atom is 0.321 e. The largest absolute Gasteiger partial charge is 0.480 e. The predicted molar refractivity (Wildman–Crippen MR) is 57.7 cm³/mol. The molecule has 0 saturated carbocycles. The molecule has 0 bridgehead atoms. The topological polar surface area (TPSA) is 133 Å². The Hall–Kier alpha value is -0.380. The lowest BCUT2D eigenvalue weighted by Crippen LogP contribution is -2.31. The minimum atomic E-state index is -1.00. The number of carboxylic acids is 1. The van der Waals surface area contributed by atoms with E-state index in [4.69, 9.17) is 26.2 Å². The van der Waals surface area contributed by atoms with E-state index in [9.17, 15) is 4.79 Å². The second kappa shape index (κ2) is 7.82. The summed E-state index contributed by atoms with van der Waals surface area (Å²) in [4.78, 5) is 9.76. The van der Waals surface area contributed by atoms with Gasteiger partial charge in [0.2, 0.25) is 0 Å². The van der Waals surface area contributed by atoms with Crippen LogP contribution in [-0.4, -0.2) is 63.1 Å². The number of hydrogen-bond donors (Lipinski definition) is 6. The number of aliphatic hydroxyl groups is 3. The fourth-order valence-electron chi connectivity index (χ4n) is 0.791. The molecule has 1 rings (SSSR count). The quantitative estimate of drug-likeness (QED) is 0.309. The zero-order valence-corrected chi connectivity index (χ0v) is 9.33. The molecular formula is C8H16NO6S. The molecule has 0 aromatic carbocycles. The van der Waals surface area contributed by atoms with E-state index in [1.807, 2.05) is 0 Å². The number of nitrogens with two attached hydrogens (primary N) is 1. The lowest BCUT2D eigenvalue weighted by molar-refractivity contribution is -0.137. The summed E-state index contributed by atoms with van der Waals surface area (Å²) in [7, 11) is 0. The van der Waals surface area contributed by atoms with Gasteiger partial charge in [-0.15, -0.1) is 0 Å². The Morgan fingerprint density at radius 2 is 2.12 bits per heavy atom. The molecular weight excluding hydrogens is 238 g/mol. The smallest absolute Gasteiger partial charge is 0.321 e. The summed E-state index contributed by atoms with van der Waals surface area (Å²) < 4.78 is 4.65. The van der Waals surface area contributed by atoms with Crippen LogP contribution in [0.2, 0.25) is 0 Å². The third-order valence-electron chi connectivity index (χ3n) is 1.82. The molecule has 4 atom stereocenters. The van der Waals surface area contributed by atoms with Crippen LogP contribution >= 0.6 is 12.6 Å². The molecule has 0 unspecified atom stereocenters. The summed E-state index contributed by atoms with van der Waals surface area (Å²) >= 11 is 3.65. The van der Waals surface area contributed by atoms with Crippen LogP contribution in [0.4, 0.5) is 0 Å². The highest BCUT2D eigenvalue weighted by Crippen LogP contribution is 2.16. The predicted octanol–water partition coefficient (Wildman–Crippen LogP) is -2.41. The first-order valence-corrected chi connectivity index (χ1v) is 5.12. The molecule has 1 aliphatic rings. The van der Waals surface area contributed by atoms with E-state index in [0.29, 0.717) is 0 Å². The molecule has 95 valence electrons. The molecule has 0 amide bonds. The second-order valence-electron chi connectivity index (χ2n) is 3.10. The number of carbonyl (C=O) groups is 1. The summed E-state index contributed by atoms with van der Waals surface area (Å²) in [5.41, 5.74) is 4.94. The third-order valence-corrected chi connectivity index (χ3v) is 2.21. The highest BCUT2D eigenvalue weighted by molar-refractivity contribution is 7.80. The van der Waals surface area contributed by atoms with Gasteiger partial charge in [-0.05, 0) is 0 Å². The molecule has 8 heteroatoms. The summed E-state index contributed by atoms with van der Waals surface area (Å²) in [5, 5.41) is 34.1. The molecule has 0 aliphatic carbocycles. The minimum absolute atomic E-state index is 0.190. The molecule has 0 aromatic heterocycles. The van der Waals surface area contributed by atoms with Crippen molar-refractivity contribution < 1.29 is 30.0 Å². The van der Waals surface area contributed by atoms with Crippen LogP contribution in [0.25, 0.3) is 0 Å².